The van der Waals surface area contributed by atoms with Crippen LogP contribution in [0.15, 0.2) is 29.4 Å². The average Bonchev–Trinajstić information content (AvgIpc) is 3.77. The molecular weight excluding hydrogens is 632 g/mol. The minimum absolute atomic E-state index is 0.0341. The van der Waals surface area contributed by atoms with Crippen LogP contribution in [-0.2, 0) is 0 Å². The Bertz CT molecular complexity index is 2140. The summed E-state index contributed by atoms with van der Waals surface area (Å²) < 4.78 is 44.9. The molecule has 2 bridgehead atoms. The second-order valence-corrected chi connectivity index (χ2v) is 13.8. The number of ether oxygens (including phenoxy) is 2. The molecule has 14 heteroatoms. The number of anilines is 1. The summed E-state index contributed by atoms with van der Waals surface area (Å²) in [5.74, 6) is 1.44. The van der Waals surface area contributed by atoms with Crippen molar-refractivity contribution in [3.8, 4) is 41.2 Å². The molecule has 9 rings (SSSR count). The van der Waals surface area contributed by atoms with E-state index in [2.05, 4.69) is 41.0 Å². The molecule has 0 radical (unpaired) electrons. The van der Waals surface area contributed by atoms with E-state index in [1.165, 1.54) is 24.3 Å². The first-order valence-electron chi connectivity index (χ1n) is 16.8. The molecule has 4 fully saturated rings. The van der Waals surface area contributed by atoms with Crippen molar-refractivity contribution in [1.82, 2.24) is 25.2 Å². The van der Waals surface area contributed by atoms with E-state index in [-0.39, 0.29) is 81.7 Å². The van der Waals surface area contributed by atoms with Crippen molar-refractivity contribution < 1.29 is 23.4 Å². The van der Waals surface area contributed by atoms with Crippen LogP contribution in [0.5, 0.6) is 17.6 Å². The van der Waals surface area contributed by atoms with Crippen molar-refractivity contribution in [3.63, 3.8) is 0 Å². The Balaban J connectivity index is 1.21. The lowest BCUT2D eigenvalue weighted by molar-refractivity contribution is 0.0865. The van der Waals surface area contributed by atoms with Crippen LogP contribution in [0.25, 0.3) is 43.4 Å². The number of halogens is 2. The van der Waals surface area contributed by atoms with Gasteiger partial charge >= 0.3 is 6.01 Å². The van der Waals surface area contributed by atoms with Crippen LogP contribution in [0.1, 0.15) is 44.1 Å². The SMILES string of the molecule is C#Cc1c(F)ccc2cc(O)cc(-c3nc4c5c(nc(OC[C@@]67CCCN6[C@H](CN=[N+]=[N-])CC7)nc5c3F)N3C[C@H]5CC[C@H](N5)[C@H]3CO4)c12. The number of phenolic OH excluding ortho intramolecular Hbond substituents is 1. The van der Waals surface area contributed by atoms with Crippen LogP contribution in [0, 0.1) is 24.0 Å². The molecule has 0 saturated carbocycles. The summed E-state index contributed by atoms with van der Waals surface area (Å²) in [5.41, 5.74) is 8.47. The van der Waals surface area contributed by atoms with Crippen molar-refractivity contribution in [2.45, 2.75) is 68.2 Å². The van der Waals surface area contributed by atoms with Gasteiger partial charge in [0.25, 0.3) is 0 Å². The Labute approximate surface area is 280 Å². The van der Waals surface area contributed by atoms with Crippen LogP contribution in [0.2, 0.25) is 0 Å². The van der Waals surface area contributed by atoms with Gasteiger partial charge in [0.15, 0.2) is 5.82 Å². The predicted molar refractivity (Wildman–Crippen MR) is 178 cm³/mol. The highest BCUT2D eigenvalue weighted by molar-refractivity contribution is 6.04. The highest BCUT2D eigenvalue weighted by Crippen LogP contribution is 2.46. The maximum Gasteiger partial charge on any atom is 0.319 e. The summed E-state index contributed by atoms with van der Waals surface area (Å²) in [6.07, 6.45) is 11.4. The highest BCUT2D eigenvalue weighted by Gasteiger charge is 2.50. The lowest BCUT2D eigenvalue weighted by Crippen LogP contribution is -2.60. The molecule has 7 heterocycles. The van der Waals surface area contributed by atoms with Gasteiger partial charge < -0.3 is 24.8 Å². The van der Waals surface area contributed by atoms with Crippen molar-refractivity contribution in [2.75, 3.05) is 37.7 Å². The summed E-state index contributed by atoms with van der Waals surface area (Å²) in [4.78, 5) is 21.8. The third-order valence-electron chi connectivity index (χ3n) is 11.2. The van der Waals surface area contributed by atoms with Gasteiger partial charge in [-0.25, -0.2) is 13.8 Å². The maximum absolute atomic E-state index is 17.1. The fraction of sp³-hybridized carbons (Fsp3) is 0.457. The average molecular weight is 666 g/mol. The minimum atomic E-state index is -0.789. The van der Waals surface area contributed by atoms with E-state index in [9.17, 15) is 5.11 Å². The number of fused-ring (bicyclic) bond motifs is 7. The molecule has 0 amide bonds. The molecule has 5 aliphatic heterocycles. The molecular formula is C35H33F2N9O3. The number of phenols is 1. The summed E-state index contributed by atoms with van der Waals surface area (Å²) in [6.45, 7) is 2.51. The lowest BCUT2D eigenvalue weighted by atomic mass is 9.95. The van der Waals surface area contributed by atoms with Gasteiger partial charge in [0.1, 0.15) is 47.2 Å². The molecule has 2 aromatic carbocycles. The topological polar surface area (TPSA) is 145 Å². The van der Waals surface area contributed by atoms with E-state index in [0.717, 1.165) is 45.1 Å². The third kappa shape index (κ3) is 4.64. The van der Waals surface area contributed by atoms with Gasteiger partial charge in [0, 0.05) is 47.1 Å². The maximum atomic E-state index is 17.1. The van der Waals surface area contributed by atoms with E-state index < -0.39 is 11.6 Å². The zero-order chi connectivity index (χ0) is 33.4. The van der Waals surface area contributed by atoms with Gasteiger partial charge in [-0.15, -0.1) is 6.42 Å². The zero-order valence-corrected chi connectivity index (χ0v) is 26.6. The van der Waals surface area contributed by atoms with E-state index in [1.54, 1.807) is 0 Å². The van der Waals surface area contributed by atoms with E-state index in [4.69, 9.17) is 26.4 Å². The van der Waals surface area contributed by atoms with Gasteiger partial charge in [-0.1, -0.05) is 17.1 Å². The predicted octanol–water partition coefficient (Wildman–Crippen LogP) is 5.20. The number of piperazine rings is 1. The van der Waals surface area contributed by atoms with Crippen LogP contribution >= 0.6 is 0 Å². The lowest BCUT2D eigenvalue weighted by Gasteiger charge is -2.40. The number of azide groups is 1. The number of aromatic nitrogens is 3. The quantitative estimate of drug-likeness (QED) is 0.123. The fourth-order valence-corrected chi connectivity index (χ4v) is 9.05. The number of nitrogens with zero attached hydrogens (tertiary/aromatic N) is 8. The molecule has 49 heavy (non-hydrogen) atoms. The van der Waals surface area contributed by atoms with Crippen LogP contribution < -0.4 is 19.7 Å². The first kappa shape index (κ1) is 30.1. The molecule has 12 nitrogen and oxygen atoms in total. The Morgan fingerprint density at radius 2 is 2.08 bits per heavy atom. The molecule has 4 aromatic rings. The molecule has 0 spiro atoms. The van der Waals surface area contributed by atoms with Gasteiger partial charge in [-0.2, -0.15) is 9.97 Å². The standard InChI is InChI=1S/C35H33F2N9O3/c1-2-22-24(36)6-4-18-12-21(47)13-23(27(18)22)30-29(37)31-28-32(45-15-19-5-7-25(40-19)26(45)16-48-33(28)41-30)43-34(42-31)49-17-35-9-3-11-46(35)20(8-10-35)14-39-44-38/h1,4,6,12-13,19-20,25-26,40,47H,3,5,7-11,14-17H2/t19-,20+,25+,26-,35+/m1/s1. The van der Waals surface area contributed by atoms with E-state index in [1.807, 2.05) is 0 Å². The van der Waals surface area contributed by atoms with Gasteiger partial charge in [-0.05, 0) is 74.2 Å². The van der Waals surface area contributed by atoms with Crippen molar-refractivity contribution in [2.24, 2.45) is 5.11 Å². The van der Waals surface area contributed by atoms with Crippen LogP contribution in [-0.4, -0.2) is 87.5 Å². The number of benzene rings is 2. The van der Waals surface area contributed by atoms with Crippen molar-refractivity contribution >= 4 is 27.5 Å². The van der Waals surface area contributed by atoms with E-state index in [0.29, 0.717) is 36.3 Å². The monoisotopic (exact) mass is 665 g/mol. The summed E-state index contributed by atoms with van der Waals surface area (Å²) in [7, 11) is 0. The van der Waals surface area contributed by atoms with E-state index >= 15 is 8.78 Å². The second kappa shape index (κ2) is 11.3. The van der Waals surface area contributed by atoms with Gasteiger partial charge in [0.2, 0.25) is 5.88 Å². The number of aromatic hydroxyl groups is 1. The first-order chi connectivity index (χ1) is 23.9. The number of terminal acetylenes is 1. The number of hydrogen-bond acceptors (Lipinski definition) is 10. The zero-order valence-electron chi connectivity index (χ0n) is 26.6. The largest absolute Gasteiger partial charge is 0.508 e. The number of hydrogen-bond donors (Lipinski definition) is 2. The molecule has 250 valence electrons. The smallest absolute Gasteiger partial charge is 0.319 e. The normalized spacial score (nSPS) is 26.9. The van der Waals surface area contributed by atoms with Crippen molar-refractivity contribution in [3.05, 3.63) is 51.9 Å². The first-order valence-corrected chi connectivity index (χ1v) is 16.8. The molecule has 5 atom stereocenters. The van der Waals surface area contributed by atoms with Crippen LogP contribution in [0.3, 0.4) is 0 Å². The van der Waals surface area contributed by atoms with Gasteiger partial charge in [0.05, 0.1) is 17.1 Å². The van der Waals surface area contributed by atoms with Crippen molar-refractivity contribution in [1.29, 1.82) is 0 Å². The Morgan fingerprint density at radius 1 is 1.18 bits per heavy atom. The minimum Gasteiger partial charge on any atom is -0.508 e. The molecule has 0 aliphatic carbocycles. The van der Waals surface area contributed by atoms with Gasteiger partial charge in [-0.3, -0.25) is 4.90 Å². The Kier molecular flexibility index (Phi) is 6.95. The third-order valence-corrected chi connectivity index (χ3v) is 11.2. The molecule has 2 aromatic heterocycles. The second-order valence-electron chi connectivity index (χ2n) is 13.8. The summed E-state index contributed by atoms with van der Waals surface area (Å²) >= 11 is 0. The number of nitrogens with one attached hydrogen (secondary N) is 1. The Morgan fingerprint density at radius 3 is 2.94 bits per heavy atom. The summed E-state index contributed by atoms with van der Waals surface area (Å²) in [5, 5.41) is 19.2. The number of pyridine rings is 1. The summed E-state index contributed by atoms with van der Waals surface area (Å²) in [6, 6.07) is 5.97. The fourth-order valence-electron chi connectivity index (χ4n) is 9.05. The highest BCUT2D eigenvalue weighted by atomic mass is 19.1. The molecule has 2 N–H and O–H groups in total. The molecule has 4 saturated heterocycles. The molecule has 5 aliphatic rings. The molecule has 0 unspecified atom stereocenters. The number of rotatable bonds is 6. The Hall–Kier alpha value is -4.96. The van der Waals surface area contributed by atoms with Crippen LogP contribution in [0.4, 0.5) is 14.6 Å².